The minimum absolute atomic E-state index is 0.418. The predicted octanol–water partition coefficient (Wildman–Crippen LogP) is 4.14. The monoisotopic (exact) mass is 254 g/mol. The van der Waals surface area contributed by atoms with E-state index in [0.29, 0.717) is 6.42 Å². The Labute approximate surface area is 115 Å². The Hall–Kier alpha value is -1.60. The van der Waals surface area contributed by atoms with Crippen LogP contribution in [0.1, 0.15) is 40.8 Å². The van der Waals surface area contributed by atoms with Crippen molar-refractivity contribution in [3.8, 4) is 0 Å². The molecule has 1 atom stereocenters. The fourth-order valence-electron chi connectivity index (χ4n) is 2.44. The summed E-state index contributed by atoms with van der Waals surface area (Å²) < 4.78 is 0. The Morgan fingerprint density at radius 1 is 1.00 bits per heavy atom. The fourth-order valence-corrected chi connectivity index (χ4v) is 2.44. The van der Waals surface area contributed by atoms with E-state index in [-0.39, 0.29) is 0 Å². The third kappa shape index (κ3) is 3.24. The molecule has 2 rings (SSSR count). The molecule has 0 radical (unpaired) electrons. The molecule has 0 saturated carbocycles. The highest BCUT2D eigenvalue weighted by molar-refractivity contribution is 5.33. The number of rotatable bonds is 4. The van der Waals surface area contributed by atoms with Crippen molar-refractivity contribution in [3.05, 3.63) is 70.3 Å². The molecular formula is C18H22O. The van der Waals surface area contributed by atoms with Crippen LogP contribution in [-0.2, 0) is 12.8 Å². The molecule has 0 saturated heterocycles. The smallest absolute Gasteiger partial charge is 0.0833 e. The minimum atomic E-state index is -0.418. The molecule has 0 aliphatic carbocycles. The Morgan fingerprint density at radius 3 is 2.42 bits per heavy atom. The number of aliphatic hydroxyl groups is 1. The lowest BCUT2D eigenvalue weighted by Gasteiger charge is -2.15. The quantitative estimate of drug-likeness (QED) is 0.869. The average molecular weight is 254 g/mol. The maximum atomic E-state index is 10.4. The lowest BCUT2D eigenvalue weighted by Crippen LogP contribution is -2.05. The van der Waals surface area contributed by atoms with Crippen molar-refractivity contribution in [1.82, 2.24) is 0 Å². The van der Waals surface area contributed by atoms with Gasteiger partial charge in [-0.25, -0.2) is 0 Å². The first-order valence-corrected chi connectivity index (χ1v) is 6.93. The molecule has 19 heavy (non-hydrogen) atoms. The molecule has 0 aliphatic rings. The summed E-state index contributed by atoms with van der Waals surface area (Å²) in [6.45, 7) is 6.36. The third-order valence-corrected chi connectivity index (χ3v) is 3.80. The van der Waals surface area contributed by atoms with E-state index in [2.05, 4.69) is 45.0 Å². The first kappa shape index (κ1) is 13.8. The molecule has 1 N–H and O–H groups in total. The van der Waals surface area contributed by atoms with Gasteiger partial charge in [-0.1, -0.05) is 49.4 Å². The Morgan fingerprint density at radius 2 is 1.74 bits per heavy atom. The van der Waals surface area contributed by atoms with Crippen molar-refractivity contribution in [2.75, 3.05) is 0 Å². The topological polar surface area (TPSA) is 20.2 Å². The SMILES string of the molecule is CCc1ccccc1C(O)Cc1ccc(C)c(C)c1. The van der Waals surface area contributed by atoms with Crippen molar-refractivity contribution >= 4 is 0 Å². The lowest BCUT2D eigenvalue weighted by molar-refractivity contribution is 0.177. The molecule has 0 bridgehead atoms. The number of aliphatic hydroxyl groups excluding tert-OH is 1. The highest BCUT2D eigenvalue weighted by Gasteiger charge is 2.12. The standard InChI is InChI=1S/C18H22O/c1-4-16-7-5-6-8-17(16)18(19)12-15-10-9-13(2)14(3)11-15/h5-11,18-19H,4,12H2,1-3H3. The zero-order valence-corrected chi connectivity index (χ0v) is 12.0. The third-order valence-electron chi connectivity index (χ3n) is 3.80. The van der Waals surface area contributed by atoms with Gasteiger partial charge in [-0.05, 0) is 48.1 Å². The molecule has 0 spiro atoms. The summed E-state index contributed by atoms with van der Waals surface area (Å²) in [5, 5.41) is 10.4. The van der Waals surface area contributed by atoms with Crippen LogP contribution in [0.5, 0.6) is 0 Å². The maximum Gasteiger partial charge on any atom is 0.0833 e. The molecule has 1 nitrogen and oxygen atoms in total. The van der Waals surface area contributed by atoms with Gasteiger partial charge >= 0.3 is 0 Å². The first-order chi connectivity index (χ1) is 9.11. The summed E-state index contributed by atoms with van der Waals surface area (Å²) in [5.74, 6) is 0. The van der Waals surface area contributed by atoms with Gasteiger partial charge in [0.25, 0.3) is 0 Å². The predicted molar refractivity (Wildman–Crippen MR) is 80.4 cm³/mol. The summed E-state index contributed by atoms with van der Waals surface area (Å²) in [4.78, 5) is 0. The minimum Gasteiger partial charge on any atom is -0.388 e. The summed E-state index contributed by atoms with van der Waals surface area (Å²) in [6.07, 6.45) is 1.22. The van der Waals surface area contributed by atoms with Gasteiger partial charge in [0.1, 0.15) is 0 Å². The first-order valence-electron chi connectivity index (χ1n) is 6.93. The van der Waals surface area contributed by atoms with Crippen molar-refractivity contribution in [2.45, 2.75) is 39.7 Å². The van der Waals surface area contributed by atoms with Gasteiger partial charge in [-0.15, -0.1) is 0 Å². The lowest BCUT2D eigenvalue weighted by atomic mass is 9.94. The average Bonchev–Trinajstić information content (AvgIpc) is 2.43. The van der Waals surface area contributed by atoms with Crippen LogP contribution in [0.4, 0.5) is 0 Å². The molecule has 100 valence electrons. The number of aryl methyl sites for hydroxylation is 3. The molecule has 0 fully saturated rings. The van der Waals surface area contributed by atoms with E-state index < -0.39 is 6.10 Å². The second-order valence-electron chi connectivity index (χ2n) is 5.19. The van der Waals surface area contributed by atoms with E-state index in [1.54, 1.807) is 0 Å². The molecule has 1 heteroatoms. The van der Waals surface area contributed by atoms with Crippen LogP contribution in [0.2, 0.25) is 0 Å². The summed E-state index contributed by atoms with van der Waals surface area (Å²) in [6, 6.07) is 14.6. The Bertz CT molecular complexity index is 557. The van der Waals surface area contributed by atoms with Crippen LogP contribution < -0.4 is 0 Å². The van der Waals surface area contributed by atoms with Crippen molar-refractivity contribution < 1.29 is 5.11 Å². The van der Waals surface area contributed by atoms with Gasteiger partial charge in [0.2, 0.25) is 0 Å². The van der Waals surface area contributed by atoms with Gasteiger partial charge in [0, 0.05) is 6.42 Å². The fraction of sp³-hybridized carbons (Fsp3) is 0.333. The van der Waals surface area contributed by atoms with Crippen LogP contribution >= 0.6 is 0 Å². The molecule has 1 unspecified atom stereocenters. The van der Waals surface area contributed by atoms with E-state index in [1.807, 2.05) is 18.2 Å². The maximum absolute atomic E-state index is 10.4. The van der Waals surface area contributed by atoms with Gasteiger partial charge in [-0.3, -0.25) is 0 Å². The molecular weight excluding hydrogens is 232 g/mol. The van der Waals surface area contributed by atoms with Crippen molar-refractivity contribution in [3.63, 3.8) is 0 Å². The number of hydrogen-bond donors (Lipinski definition) is 1. The van der Waals surface area contributed by atoms with Crippen LogP contribution in [-0.4, -0.2) is 5.11 Å². The molecule has 0 heterocycles. The van der Waals surface area contributed by atoms with E-state index in [4.69, 9.17) is 0 Å². The van der Waals surface area contributed by atoms with Crippen LogP contribution in [0.3, 0.4) is 0 Å². The van der Waals surface area contributed by atoms with E-state index in [0.717, 1.165) is 12.0 Å². The summed E-state index contributed by atoms with van der Waals surface area (Å²) >= 11 is 0. The zero-order chi connectivity index (χ0) is 13.8. The van der Waals surface area contributed by atoms with Gasteiger partial charge in [-0.2, -0.15) is 0 Å². The molecule has 0 aliphatic heterocycles. The normalized spacial score (nSPS) is 12.4. The second kappa shape index (κ2) is 6.03. The number of benzene rings is 2. The van der Waals surface area contributed by atoms with Gasteiger partial charge in [0.05, 0.1) is 6.10 Å². The van der Waals surface area contributed by atoms with Crippen LogP contribution in [0, 0.1) is 13.8 Å². The summed E-state index contributed by atoms with van der Waals surface area (Å²) in [7, 11) is 0. The van der Waals surface area contributed by atoms with Crippen LogP contribution in [0.15, 0.2) is 42.5 Å². The highest BCUT2D eigenvalue weighted by atomic mass is 16.3. The largest absolute Gasteiger partial charge is 0.388 e. The van der Waals surface area contributed by atoms with E-state index >= 15 is 0 Å². The molecule has 2 aromatic carbocycles. The van der Waals surface area contributed by atoms with Crippen molar-refractivity contribution in [1.29, 1.82) is 0 Å². The van der Waals surface area contributed by atoms with E-state index in [1.165, 1.54) is 22.3 Å². The second-order valence-corrected chi connectivity index (χ2v) is 5.19. The molecule has 2 aromatic rings. The molecule has 0 aromatic heterocycles. The molecule has 0 amide bonds. The van der Waals surface area contributed by atoms with Gasteiger partial charge in [0.15, 0.2) is 0 Å². The summed E-state index contributed by atoms with van der Waals surface area (Å²) in [5.41, 5.74) is 6.07. The Balaban J connectivity index is 2.20. The van der Waals surface area contributed by atoms with E-state index in [9.17, 15) is 5.11 Å². The van der Waals surface area contributed by atoms with Crippen molar-refractivity contribution in [2.24, 2.45) is 0 Å². The zero-order valence-electron chi connectivity index (χ0n) is 12.0. The number of hydrogen-bond acceptors (Lipinski definition) is 1. The highest BCUT2D eigenvalue weighted by Crippen LogP contribution is 2.23. The van der Waals surface area contributed by atoms with Gasteiger partial charge < -0.3 is 5.11 Å². The van der Waals surface area contributed by atoms with Crippen LogP contribution in [0.25, 0.3) is 0 Å². The Kier molecular flexibility index (Phi) is 4.39.